The zero-order valence-electron chi connectivity index (χ0n) is 17.8. The summed E-state index contributed by atoms with van der Waals surface area (Å²) in [6.45, 7) is 1.59. The van der Waals surface area contributed by atoms with Crippen LogP contribution in [0, 0.1) is 21.7 Å². The van der Waals surface area contributed by atoms with E-state index in [2.05, 4.69) is 10.2 Å². The molecule has 168 valence electrons. The van der Waals surface area contributed by atoms with Crippen molar-refractivity contribution < 1.29 is 18.4 Å². The topological polar surface area (TPSA) is 67.6 Å². The molecule has 0 bridgehead atoms. The van der Waals surface area contributed by atoms with Crippen molar-refractivity contribution in [1.29, 1.82) is 0 Å². The van der Waals surface area contributed by atoms with Crippen LogP contribution >= 0.6 is 0 Å². The smallest absolute Gasteiger partial charge is 0.292 e. The van der Waals surface area contributed by atoms with Crippen LogP contribution in [-0.4, -0.2) is 36.0 Å². The van der Waals surface area contributed by atoms with E-state index in [4.69, 9.17) is 4.74 Å². The molecule has 0 unspecified atom stereocenters. The van der Waals surface area contributed by atoms with Crippen LogP contribution in [0.15, 0.2) is 54.6 Å². The van der Waals surface area contributed by atoms with E-state index in [9.17, 15) is 18.9 Å². The van der Waals surface area contributed by atoms with Gasteiger partial charge in [0.2, 0.25) is 0 Å². The highest BCUT2D eigenvalue weighted by Crippen LogP contribution is 2.39. The van der Waals surface area contributed by atoms with Crippen LogP contribution in [0.3, 0.4) is 0 Å². The fraction of sp³-hybridized carbons (Fsp3) is 0.200. The summed E-state index contributed by atoms with van der Waals surface area (Å²) in [6.07, 6.45) is 1.75. The number of nitro groups is 1. The maximum atomic E-state index is 14.6. The van der Waals surface area contributed by atoms with Gasteiger partial charge in [-0.1, -0.05) is 18.2 Å². The lowest BCUT2D eigenvalue weighted by molar-refractivity contribution is -0.384. The fourth-order valence-corrected chi connectivity index (χ4v) is 4.33. The Morgan fingerprint density at radius 1 is 1.12 bits per heavy atom. The molecule has 0 atom stereocenters. The predicted octanol–water partition coefficient (Wildman–Crippen LogP) is 5.08. The molecule has 5 rings (SSSR count). The number of fused-ring (bicyclic) bond motifs is 2. The average Bonchev–Trinajstić information content (AvgIpc) is 2.91. The molecule has 3 aromatic carbocycles. The van der Waals surface area contributed by atoms with Crippen LogP contribution in [0.25, 0.3) is 11.6 Å². The minimum absolute atomic E-state index is 0.0393. The molecule has 0 radical (unpaired) electrons. The summed E-state index contributed by atoms with van der Waals surface area (Å²) >= 11 is 0. The zero-order chi connectivity index (χ0) is 23.1. The highest BCUT2D eigenvalue weighted by atomic mass is 19.1. The van der Waals surface area contributed by atoms with Gasteiger partial charge in [-0.25, -0.2) is 8.78 Å². The Bertz CT molecular complexity index is 1290. The molecule has 2 aliphatic rings. The number of anilines is 1. The van der Waals surface area contributed by atoms with E-state index >= 15 is 0 Å². The largest absolute Gasteiger partial charge is 0.488 e. The Morgan fingerprint density at radius 2 is 1.94 bits per heavy atom. The number of benzene rings is 3. The number of halogens is 2. The summed E-state index contributed by atoms with van der Waals surface area (Å²) in [5.74, 6) is -0.603. The first-order valence-electron chi connectivity index (χ1n) is 10.5. The Balaban J connectivity index is 1.62. The van der Waals surface area contributed by atoms with Crippen LogP contribution < -0.4 is 10.1 Å². The first-order valence-corrected chi connectivity index (χ1v) is 10.5. The molecule has 3 aromatic rings. The summed E-state index contributed by atoms with van der Waals surface area (Å²) in [5, 5.41) is 15.0. The summed E-state index contributed by atoms with van der Waals surface area (Å²) in [4.78, 5) is 13.5. The second kappa shape index (κ2) is 8.29. The van der Waals surface area contributed by atoms with Crippen molar-refractivity contribution in [2.24, 2.45) is 0 Å². The van der Waals surface area contributed by atoms with Gasteiger partial charge in [-0.15, -0.1) is 0 Å². The van der Waals surface area contributed by atoms with Crippen molar-refractivity contribution in [3.8, 4) is 5.75 Å². The zero-order valence-corrected chi connectivity index (χ0v) is 17.8. The van der Waals surface area contributed by atoms with Crippen LogP contribution in [0.5, 0.6) is 5.75 Å². The molecule has 0 amide bonds. The molecule has 0 spiro atoms. The standard InChI is InChI=1S/C25H21F2N3O3/c1-29-12-17(13-29)28-23-8-5-15(10-24(23)30(31)32)9-20-18-3-2-4-22(27)21(18)14-33-25-11-16(26)6-7-19(20)25/h2-11,17,28H,12-14H2,1H3. The van der Waals surface area contributed by atoms with Gasteiger partial charge in [-0.2, -0.15) is 0 Å². The van der Waals surface area contributed by atoms with Crippen molar-refractivity contribution in [2.45, 2.75) is 12.6 Å². The maximum Gasteiger partial charge on any atom is 0.292 e. The fourth-order valence-electron chi connectivity index (χ4n) is 4.33. The number of likely N-dealkylation sites (tertiary alicyclic amines) is 1. The molecule has 8 heteroatoms. The third kappa shape index (κ3) is 4.05. The predicted molar refractivity (Wildman–Crippen MR) is 122 cm³/mol. The lowest BCUT2D eigenvalue weighted by atomic mass is 9.92. The minimum Gasteiger partial charge on any atom is -0.488 e. The quantitative estimate of drug-likeness (QED) is 0.444. The Morgan fingerprint density at radius 3 is 2.70 bits per heavy atom. The van der Waals surface area contributed by atoms with Gasteiger partial charge < -0.3 is 15.0 Å². The van der Waals surface area contributed by atoms with Gasteiger partial charge in [-0.05, 0) is 54.1 Å². The van der Waals surface area contributed by atoms with E-state index in [0.29, 0.717) is 39.3 Å². The van der Waals surface area contributed by atoms with Gasteiger partial charge in [0, 0.05) is 36.3 Å². The molecule has 0 saturated carbocycles. The molecule has 2 heterocycles. The molecule has 6 nitrogen and oxygen atoms in total. The summed E-state index contributed by atoms with van der Waals surface area (Å²) in [6, 6.07) is 14.0. The monoisotopic (exact) mass is 449 g/mol. The lowest BCUT2D eigenvalue weighted by Crippen LogP contribution is -2.52. The van der Waals surface area contributed by atoms with Crippen molar-refractivity contribution in [3.63, 3.8) is 0 Å². The van der Waals surface area contributed by atoms with E-state index in [-0.39, 0.29) is 18.3 Å². The van der Waals surface area contributed by atoms with Gasteiger partial charge in [-0.3, -0.25) is 10.1 Å². The number of hydrogen-bond acceptors (Lipinski definition) is 5. The number of nitrogens with one attached hydrogen (secondary N) is 1. The third-order valence-corrected chi connectivity index (χ3v) is 5.97. The molecule has 33 heavy (non-hydrogen) atoms. The average molecular weight is 449 g/mol. The van der Waals surface area contributed by atoms with Gasteiger partial charge >= 0.3 is 0 Å². The summed E-state index contributed by atoms with van der Waals surface area (Å²) in [7, 11) is 1.99. The minimum atomic E-state index is -0.466. The SMILES string of the molecule is CN1CC(Nc2ccc(C=C3c4ccc(F)cc4OCc4c(F)cccc43)cc2[N+](=O)[O-])C1. The number of hydrogen-bond donors (Lipinski definition) is 1. The van der Waals surface area contributed by atoms with E-state index in [1.165, 1.54) is 24.3 Å². The molecule has 1 N–H and O–H groups in total. The number of ether oxygens (including phenoxy) is 1. The maximum absolute atomic E-state index is 14.6. The number of likely N-dealkylation sites (N-methyl/N-ethyl adjacent to an activating group) is 1. The summed E-state index contributed by atoms with van der Waals surface area (Å²) < 4.78 is 34.2. The van der Waals surface area contributed by atoms with E-state index < -0.39 is 16.6 Å². The van der Waals surface area contributed by atoms with Crippen LogP contribution in [0.1, 0.15) is 22.3 Å². The van der Waals surface area contributed by atoms with Gasteiger partial charge in [0.1, 0.15) is 29.7 Å². The second-order valence-corrected chi connectivity index (χ2v) is 8.35. The van der Waals surface area contributed by atoms with Gasteiger partial charge in [0.25, 0.3) is 5.69 Å². The van der Waals surface area contributed by atoms with Crippen molar-refractivity contribution in [2.75, 3.05) is 25.5 Å². The van der Waals surface area contributed by atoms with E-state index in [1.807, 2.05) is 7.05 Å². The van der Waals surface area contributed by atoms with Crippen LogP contribution in [0.4, 0.5) is 20.2 Å². The van der Waals surface area contributed by atoms with Gasteiger partial charge in [0.05, 0.1) is 11.0 Å². The Labute approximate surface area is 189 Å². The molecular weight excluding hydrogens is 428 g/mol. The highest BCUT2D eigenvalue weighted by Gasteiger charge is 2.26. The van der Waals surface area contributed by atoms with Crippen molar-refractivity contribution >= 4 is 23.0 Å². The first kappa shape index (κ1) is 21.1. The number of nitro benzene ring substituents is 1. The van der Waals surface area contributed by atoms with Crippen molar-refractivity contribution in [1.82, 2.24) is 4.90 Å². The summed E-state index contributed by atoms with van der Waals surface area (Å²) in [5.41, 5.74) is 3.13. The van der Waals surface area contributed by atoms with Gasteiger partial charge in [0.15, 0.2) is 0 Å². The Hall–Kier alpha value is -3.78. The van der Waals surface area contributed by atoms with Crippen LogP contribution in [0.2, 0.25) is 0 Å². The Kier molecular flexibility index (Phi) is 5.30. The third-order valence-electron chi connectivity index (χ3n) is 5.97. The number of rotatable bonds is 4. The molecule has 0 aromatic heterocycles. The molecule has 0 aliphatic carbocycles. The molecule has 2 aliphatic heterocycles. The number of nitrogens with zero attached hydrogens (tertiary/aromatic N) is 2. The van der Waals surface area contributed by atoms with E-state index in [1.54, 1.807) is 36.4 Å². The second-order valence-electron chi connectivity index (χ2n) is 8.35. The molecule has 1 saturated heterocycles. The van der Waals surface area contributed by atoms with E-state index in [0.717, 1.165) is 13.1 Å². The molecular formula is C25H21F2N3O3. The first-order chi connectivity index (χ1) is 15.9. The highest BCUT2D eigenvalue weighted by molar-refractivity contribution is 5.95. The van der Waals surface area contributed by atoms with Crippen LogP contribution in [-0.2, 0) is 6.61 Å². The normalized spacial score (nSPS) is 16.9. The molecule has 1 fully saturated rings. The van der Waals surface area contributed by atoms with Crippen molar-refractivity contribution in [3.05, 3.63) is 98.6 Å². The lowest BCUT2D eigenvalue weighted by Gasteiger charge is -2.37.